The van der Waals surface area contributed by atoms with Gasteiger partial charge < -0.3 is 15.4 Å². The summed E-state index contributed by atoms with van der Waals surface area (Å²) in [6, 6.07) is 9.13. The summed E-state index contributed by atoms with van der Waals surface area (Å²) < 4.78 is 5.07. The van der Waals surface area contributed by atoms with E-state index in [1.165, 1.54) is 5.01 Å². The number of hydrazine groups is 1. The Morgan fingerprint density at radius 2 is 2.06 bits per heavy atom. The van der Waals surface area contributed by atoms with Crippen LogP contribution >= 0.6 is 0 Å². The Labute approximate surface area is 179 Å². The zero-order valence-corrected chi connectivity index (χ0v) is 17.3. The molecule has 31 heavy (non-hydrogen) atoms. The lowest BCUT2D eigenvalue weighted by atomic mass is 10.2. The molecule has 1 aliphatic carbocycles. The molecule has 1 aromatic carbocycles. The van der Waals surface area contributed by atoms with Crippen LogP contribution in [0, 0.1) is 12.8 Å². The number of anilines is 5. The van der Waals surface area contributed by atoms with E-state index in [0.29, 0.717) is 48.3 Å². The summed E-state index contributed by atoms with van der Waals surface area (Å²) in [6.45, 7) is 2.65. The molecule has 1 aromatic heterocycles. The van der Waals surface area contributed by atoms with E-state index < -0.39 is 6.09 Å². The number of nitrogens with one attached hydrogen (secondary N) is 3. The van der Waals surface area contributed by atoms with E-state index in [-0.39, 0.29) is 11.8 Å². The molecule has 1 saturated carbocycles. The van der Waals surface area contributed by atoms with Gasteiger partial charge in [-0.2, -0.15) is 0 Å². The number of amides is 3. The van der Waals surface area contributed by atoms with E-state index in [9.17, 15) is 14.4 Å². The minimum atomic E-state index is -0.395. The second-order valence-corrected chi connectivity index (χ2v) is 7.53. The van der Waals surface area contributed by atoms with E-state index in [4.69, 9.17) is 4.74 Å². The molecule has 2 aromatic rings. The molecule has 0 radical (unpaired) electrons. The minimum Gasteiger partial charge on any atom is -0.447 e. The molecule has 0 bridgehead atoms. The molecule has 1 aliphatic heterocycles. The maximum Gasteiger partial charge on any atom is 0.414 e. The van der Waals surface area contributed by atoms with Crippen molar-refractivity contribution in [2.45, 2.75) is 19.8 Å². The van der Waals surface area contributed by atoms with Crippen LogP contribution in [0.1, 0.15) is 18.4 Å². The van der Waals surface area contributed by atoms with Gasteiger partial charge in [0.15, 0.2) is 5.82 Å². The Bertz CT molecular complexity index is 1020. The average molecular weight is 424 g/mol. The van der Waals surface area contributed by atoms with Crippen LogP contribution in [0.2, 0.25) is 0 Å². The van der Waals surface area contributed by atoms with E-state index in [1.807, 2.05) is 31.2 Å². The molecule has 3 N–H and O–H groups in total. The lowest BCUT2D eigenvalue weighted by Gasteiger charge is -2.22. The van der Waals surface area contributed by atoms with Crippen LogP contribution in [-0.4, -0.2) is 48.6 Å². The first kappa shape index (κ1) is 20.5. The van der Waals surface area contributed by atoms with Gasteiger partial charge in [-0.3, -0.25) is 24.9 Å². The Hall–Kier alpha value is -3.82. The van der Waals surface area contributed by atoms with Crippen molar-refractivity contribution in [2.24, 2.45) is 5.92 Å². The second kappa shape index (κ2) is 8.50. The van der Waals surface area contributed by atoms with Crippen LogP contribution in [0.5, 0.6) is 0 Å². The average Bonchev–Trinajstić information content (AvgIpc) is 3.53. The zero-order valence-electron chi connectivity index (χ0n) is 17.3. The maximum absolute atomic E-state index is 12.3. The first-order valence-electron chi connectivity index (χ1n) is 10.0. The number of hydrogen-bond donors (Lipinski definition) is 3. The van der Waals surface area contributed by atoms with Gasteiger partial charge in [0, 0.05) is 30.3 Å². The maximum atomic E-state index is 12.3. The Morgan fingerprint density at radius 1 is 1.29 bits per heavy atom. The summed E-state index contributed by atoms with van der Waals surface area (Å²) in [6.07, 6.45) is 1.98. The SMILES string of the molecule is Cc1c(Nc2ccccc2N2CCOC2=O)cc(NC(=O)C2CC2)nc1NN(C)C=O. The van der Waals surface area contributed by atoms with Crippen molar-refractivity contribution in [1.82, 2.24) is 9.99 Å². The number of aromatic nitrogens is 1. The third-order valence-electron chi connectivity index (χ3n) is 5.14. The molecule has 0 unspecified atom stereocenters. The molecule has 2 fully saturated rings. The van der Waals surface area contributed by atoms with Gasteiger partial charge in [-0.1, -0.05) is 12.1 Å². The smallest absolute Gasteiger partial charge is 0.414 e. The molecule has 1 saturated heterocycles. The topological polar surface area (TPSA) is 116 Å². The van der Waals surface area contributed by atoms with Crippen LogP contribution in [0.3, 0.4) is 0 Å². The first-order chi connectivity index (χ1) is 15.0. The highest BCUT2D eigenvalue weighted by molar-refractivity contribution is 5.96. The third kappa shape index (κ3) is 4.52. The highest BCUT2D eigenvalue weighted by atomic mass is 16.6. The van der Waals surface area contributed by atoms with E-state index in [2.05, 4.69) is 21.0 Å². The molecule has 4 rings (SSSR count). The van der Waals surface area contributed by atoms with Gasteiger partial charge in [-0.15, -0.1) is 0 Å². The molecule has 0 atom stereocenters. The number of nitrogens with zero attached hydrogens (tertiary/aromatic N) is 3. The number of benzene rings is 1. The van der Waals surface area contributed by atoms with Crippen LogP contribution in [0.4, 0.5) is 33.5 Å². The standard InChI is InChI=1S/C21H24N6O4/c1-13-16(22-15-5-3-4-6-17(15)27-9-10-31-21(27)30)11-18(24-20(29)14-7-8-14)23-19(13)25-26(2)12-28/h3-6,11-12,14H,7-10H2,1-2H3,(H3,22,23,24,25,29). The van der Waals surface area contributed by atoms with Gasteiger partial charge in [-0.05, 0) is 31.9 Å². The largest absolute Gasteiger partial charge is 0.447 e. The second-order valence-electron chi connectivity index (χ2n) is 7.53. The van der Waals surface area contributed by atoms with Crippen molar-refractivity contribution >= 4 is 47.1 Å². The molecule has 0 spiro atoms. The predicted octanol–water partition coefficient (Wildman–Crippen LogP) is 2.85. The number of carbonyl (C=O) groups excluding carboxylic acids is 3. The number of ether oxygens (including phenoxy) is 1. The highest BCUT2D eigenvalue weighted by Crippen LogP contribution is 2.35. The molecule has 162 valence electrons. The van der Waals surface area contributed by atoms with Crippen molar-refractivity contribution in [2.75, 3.05) is 41.2 Å². The summed E-state index contributed by atoms with van der Waals surface area (Å²) in [5.41, 5.74) is 5.69. The lowest BCUT2D eigenvalue weighted by Crippen LogP contribution is -2.25. The summed E-state index contributed by atoms with van der Waals surface area (Å²) in [4.78, 5) is 41.4. The number of hydrogen-bond acceptors (Lipinski definition) is 7. The quantitative estimate of drug-likeness (QED) is 0.441. The Morgan fingerprint density at radius 3 is 2.74 bits per heavy atom. The van der Waals surface area contributed by atoms with Crippen molar-refractivity contribution < 1.29 is 19.1 Å². The molecular weight excluding hydrogens is 400 g/mol. The molecule has 10 nitrogen and oxygen atoms in total. The van der Waals surface area contributed by atoms with Crippen molar-refractivity contribution in [3.63, 3.8) is 0 Å². The summed E-state index contributed by atoms with van der Waals surface area (Å²) in [5.74, 6) is 0.737. The first-order valence-corrected chi connectivity index (χ1v) is 10.0. The van der Waals surface area contributed by atoms with Crippen molar-refractivity contribution in [3.8, 4) is 0 Å². The highest BCUT2D eigenvalue weighted by Gasteiger charge is 2.30. The minimum absolute atomic E-state index is 0.0236. The lowest BCUT2D eigenvalue weighted by molar-refractivity contribution is -0.117. The zero-order chi connectivity index (χ0) is 22.0. The van der Waals surface area contributed by atoms with Gasteiger partial charge >= 0.3 is 6.09 Å². The number of cyclic esters (lactones) is 1. The summed E-state index contributed by atoms with van der Waals surface area (Å²) in [5, 5.41) is 7.42. The fraction of sp³-hybridized carbons (Fsp3) is 0.333. The summed E-state index contributed by atoms with van der Waals surface area (Å²) in [7, 11) is 1.56. The van der Waals surface area contributed by atoms with Gasteiger partial charge in [0.25, 0.3) is 0 Å². The van der Waals surface area contributed by atoms with Crippen molar-refractivity contribution in [1.29, 1.82) is 0 Å². The molecule has 10 heteroatoms. The van der Waals surface area contributed by atoms with Gasteiger partial charge in [-0.25, -0.2) is 9.78 Å². The normalized spacial score (nSPS) is 15.3. The molecule has 2 aliphatic rings. The number of pyridine rings is 1. The number of rotatable bonds is 8. The van der Waals surface area contributed by atoms with Crippen LogP contribution < -0.4 is 21.0 Å². The van der Waals surface area contributed by atoms with Gasteiger partial charge in [0.2, 0.25) is 12.3 Å². The third-order valence-corrected chi connectivity index (χ3v) is 5.14. The van der Waals surface area contributed by atoms with E-state index in [1.54, 1.807) is 18.0 Å². The summed E-state index contributed by atoms with van der Waals surface area (Å²) >= 11 is 0. The predicted molar refractivity (Wildman–Crippen MR) is 116 cm³/mol. The number of para-hydroxylation sites is 2. The van der Waals surface area contributed by atoms with E-state index in [0.717, 1.165) is 18.4 Å². The van der Waals surface area contributed by atoms with Crippen LogP contribution in [0.15, 0.2) is 30.3 Å². The molecule has 3 amide bonds. The van der Waals surface area contributed by atoms with Crippen LogP contribution in [-0.2, 0) is 14.3 Å². The fourth-order valence-corrected chi connectivity index (χ4v) is 3.25. The Balaban J connectivity index is 1.68. The van der Waals surface area contributed by atoms with Crippen LogP contribution in [0.25, 0.3) is 0 Å². The van der Waals surface area contributed by atoms with Crippen molar-refractivity contribution in [3.05, 3.63) is 35.9 Å². The van der Waals surface area contributed by atoms with E-state index >= 15 is 0 Å². The van der Waals surface area contributed by atoms with Gasteiger partial charge in [0.1, 0.15) is 12.4 Å². The fourth-order valence-electron chi connectivity index (χ4n) is 3.25. The van der Waals surface area contributed by atoms with Gasteiger partial charge in [0.05, 0.1) is 17.9 Å². The number of carbonyl (C=O) groups is 3. The Kier molecular flexibility index (Phi) is 5.61. The molecule has 2 heterocycles. The molecular formula is C21H24N6O4. The monoisotopic (exact) mass is 424 g/mol.